The minimum absolute atomic E-state index is 0.0170. The van der Waals surface area contributed by atoms with Gasteiger partial charge in [0.15, 0.2) is 11.5 Å². The van der Waals surface area contributed by atoms with Gasteiger partial charge in [-0.25, -0.2) is 4.98 Å². The lowest BCUT2D eigenvalue weighted by Crippen LogP contribution is -2.04. The maximum atomic E-state index is 9.95. The van der Waals surface area contributed by atoms with Gasteiger partial charge in [0.1, 0.15) is 28.5 Å². The number of nitrogens with zero attached hydrogens (tertiary/aromatic N) is 3. The van der Waals surface area contributed by atoms with E-state index in [9.17, 15) is 10.5 Å². The summed E-state index contributed by atoms with van der Waals surface area (Å²) in [5, 5.41) is 20.0. The first-order valence-electron chi connectivity index (χ1n) is 8.43. The second-order valence-corrected chi connectivity index (χ2v) is 6.86. The molecule has 0 aliphatic rings. The molecule has 1 aromatic heterocycles. The number of benzene rings is 2. The van der Waals surface area contributed by atoms with E-state index in [0.29, 0.717) is 33.3 Å². The van der Waals surface area contributed by atoms with Gasteiger partial charge >= 0.3 is 0 Å². The third-order valence-electron chi connectivity index (χ3n) is 4.21. The highest BCUT2D eigenvalue weighted by molar-refractivity contribution is 7.99. The fourth-order valence-corrected chi connectivity index (χ4v) is 3.84. The molecule has 0 bridgehead atoms. The van der Waals surface area contributed by atoms with Crippen molar-refractivity contribution in [2.75, 3.05) is 25.7 Å². The highest BCUT2D eigenvalue weighted by atomic mass is 32.2. The highest BCUT2D eigenvalue weighted by Gasteiger charge is 2.24. The smallest absolute Gasteiger partial charge is 0.168 e. The van der Waals surface area contributed by atoms with Crippen LogP contribution in [-0.2, 0) is 0 Å². The summed E-state index contributed by atoms with van der Waals surface area (Å²) in [6.07, 6.45) is 0. The van der Waals surface area contributed by atoms with E-state index in [4.69, 9.17) is 20.9 Å². The van der Waals surface area contributed by atoms with Crippen molar-refractivity contribution in [2.24, 2.45) is 0 Å². The summed E-state index contributed by atoms with van der Waals surface area (Å²) in [5.41, 5.74) is 13.8. The van der Waals surface area contributed by atoms with Gasteiger partial charge in [-0.3, -0.25) is 0 Å². The lowest BCUT2D eigenvalue weighted by Gasteiger charge is -2.17. The largest absolute Gasteiger partial charge is 0.493 e. The summed E-state index contributed by atoms with van der Waals surface area (Å²) in [5.74, 6) is 0.877. The summed E-state index contributed by atoms with van der Waals surface area (Å²) in [6, 6.07) is 16.7. The maximum Gasteiger partial charge on any atom is 0.168 e. The zero-order valence-corrected chi connectivity index (χ0v) is 16.6. The van der Waals surface area contributed by atoms with Crippen LogP contribution >= 0.6 is 11.8 Å². The normalized spacial score (nSPS) is 10.1. The van der Waals surface area contributed by atoms with Crippen molar-refractivity contribution in [3.05, 3.63) is 53.6 Å². The summed E-state index contributed by atoms with van der Waals surface area (Å²) in [6.45, 7) is 0. The standard InChI is InChI=1S/C21H17N5O2S/c1-27-16-8-5-6-12(19(16)28-2)18-13(10-22)20(25)26-21(14(18)11-23)29-17-9-4-3-7-15(17)24/h3-9H,24H2,1-2H3,(H2,25,26). The zero-order valence-electron chi connectivity index (χ0n) is 15.8. The first kappa shape index (κ1) is 19.9. The lowest BCUT2D eigenvalue weighted by molar-refractivity contribution is 0.356. The van der Waals surface area contributed by atoms with Gasteiger partial charge in [0, 0.05) is 21.7 Å². The fourth-order valence-electron chi connectivity index (χ4n) is 2.90. The monoisotopic (exact) mass is 403 g/mol. The zero-order chi connectivity index (χ0) is 21.0. The van der Waals surface area contributed by atoms with Crippen LogP contribution in [0.5, 0.6) is 11.5 Å². The first-order chi connectivity index (χ1) is 14.0. The van der Waals surface area contributed by atoms with Crippen LogP contribution in [0.1, 0.15) is 11.1 Å². The van der Waals surface area contributed by atoms with Gasteiger partial charge in [-0.2, -0.15) is 10.5 Å². The van der Waals surface area contributed by atoms with Gasteiger partial charge in [0.25, 0.3) is 0 Å². The average Bonchev–Trinajstić information content (AvgIpc) is 2.74. The van der Waals surface area contributed by atoms with Gasteiger partial charge in [0.2, 0.25) is 0 Å². The van der Waals surface area contributed by atoms with E-state index in [1.54, 1.807) is 24.3 Å². The molecule has 0 aliphatic carbocycles. The molecule has 2 aromatic carbocycles. The van der Waals surface area contributed by atoms with Gasteiger partial charge in [-0.15, -0.1) is 0 Å². The molecular formula is C21H17N5O2S. The SMILES string of the molecule is COc1cccc(-c2c(C#N)c(N)nc(Sc3ccccc3N)c2C#N)c1OC. The van der Waals surface area contributed by atoms with Crippen molar-refractivity contribution in [3.8, 4) is 34.8 Å². The molecule has 0 saturated heterocycles. The van der Waals surface area contributed by atoms with Crippen molar-refractivity contribution in [3.63, 3.8) is 0 Å². The molecule has 0 saturated carbocycles. The van der Waals surface area contributed by atoms with Crippen LogP contribution < -0.4 is 20.9 Å². The van der Waals surface area contributed by atoms with E-state index < -0.39 is 0 Å². The van der Waals surface area contributed by atoms with Crippen molar-refractivity contribution in [1.82, 2.24) is 4.98 Å². The molecule has 0 atom stereocenters. The molecular weight excluding hydrogens is 386 g/mol. The minimum atomic E-state index is 0.0170. The molecule has 4 N–H and O–H groups in total. The highest BCUT2D eigenvalue weighted by Crippen LogP contribution is 2.44. The van der Waals surface area contributed by atoms with Crippen LogP contribution in [0.25, 0.3) is 11.1 Å². The lowest BCUT2D eigenvalue weighted by atomic mass is 9.95. The molecule has 0 fully saturated rings. The Labute approximate surface area is 172 Å². The number of anilines is 2. The Hall–Kier alpha value is -3.88. The number of nitrogens with two attached hydrogens (primary N) is 2. The Balaban J connectivity index is 2.33. The Morgan fingerprint density at radius 3 is 2.28 bits per heavy atom. The summed E-state index contributed by atoms with van der Waals surface area (Å²) in [4.78, 5) is 5.03. The molecule has 8 heteroatoms. The molecule has 0 aliphatic heterocycles. The van der Waals surface area contributed by atoms with E-state index in [1.165, 1.54) is 26.0 Å². The van der Waals surface area contributed by atoms with Gasteiger partial charge in [-0.05, 0) is 18.2 Å². The Morgan fingerprint density at radius 1 is 0.931 bits per heavy atom. The molecule has 1 heterocycles. The van der Waals surface area contributed by atoms with E-state index in [2.05, 4.69) is 17.1 Å². The van der Waals surface area contributed by atoms with Crippen LogP contribution in [0.2, 0.25) is 0 Å². The second-order valence-electron chi connectivity index (χ2n) is 5.83. The number of pyridine rings is 1. The molecule has 3 aromatic rings. The van der Waals surface area contributed by atoms with E-state index in [1.807, 2.05) is 18.2 Å². The topological polar surface area (TPSA) is 131 Å². The number of nitriles is 2. The average molecular weight is 403 g/mol. The molecule has 144 valence electrons. The van der Waals surface area contributed by atoms with Gasteiger partial charge in [0.05, 0.1) is 19.8 Å². The minimum Gasteiger partial charge on any atom is -0.493 e. The molecule has 7 nitrogen and oxygen atoms in total. The summed E-state index contributed by atoms with van der Waals surface area (Å²) >= 11 is 1.21. The molecule has 3 rings (SSSR count). The van der Waals surface area contributed by atoms with Crippen molar-refractivity contribution in [1.29, 1.82) is 10.5 Å². The number of hydrogen-bond acceptors (Lipinski definition) is 8. The molecule has 0 spiro atoms. The number of nitrogen functional groups attached to an aromatic ring is 2. The molecule has 0 unspecified atom stereocenters. The molecule has 0 radical (unpaired) electrons. The predicted octanol–water partition coefficient (Wildman–Crippen LogP) is 3.82. The van der Waals surface area contributed by atoms with Gasteiger partial charge in [-0.1, -0.05) is 36.0 Å². The van der Waals surface area contributed by atoms with Crippen LogP contribution in [0.15, 0.2) is 52.4 Å². The summed E-state index contributed by atoms with van der Waals surface area (Å²) < 4.78 is 10.9. The van der Waals surface area contributed by atoms with Crippen molar-refractivity contribution in [2.45, 2.75) is 9.92 Å². The maximum absolute atomic E-state index is 9.95. The summed E-state index contributed by atoms with van der Waals surface area (Å²) in [7, 11) is 3.00. The van der Waals surface area contributed by atoms with E-state index in [0.717, 1.165) is 4.90 Å². The van der Waals surface area contributed by atoms with E-state index >= 15 is 0 Å². The second kappa shape index (κ2) is 8.42. The van der Waals surface area contributed by atoms with Crippen LogP contribution in [0, 0.1) is 22.7 Å². The van der Waals surface area contributed by atoms with E-state index in [-0.39, 0.29) is 16.9 Å². The predicted molar refractivity (Wildman–Crippen MR) is 112 cm³/mol. The number of rotatable bonds is 5. The Kier molecular flexibility index (Phi) is 5.77. The number of hydrogen-bond donors (Lipinski definition) is 2. The first-order valence-corrected chi connectivity index (χ1v) is 9.24. The Bertz CT molecular complexity index is 1160. The quantitative estimate of drug-likeness (QED) is 0.615. The van der Waals surface area contributed by atoms with Gasteiger partial charge < -0.3 is 20.9 Å². The molecule has 0 amide bonds. The number of para-hydroxylation sites is 2. The van der Waals surface area contributed by atoms with Crippen LogP contribution in [0.4, 0.5) is 11.5 Å². The third kappa shape index (κ3) is 3.62. The van der Waals surface area contributed by atoms with Crippen LogP contribution in [0.3, 0.4) is 0 Å². The van der Waals surface area contributed by atoms with Crippen LogP contribution in [-0.4, -0.2) is 19.2 Å². The molecule has 29 heavy (non-hydrogen) atoms. The number of aromatic nitrogens is 1. The number of ether oxygens (including phenoxy) is 2. The number of methoxy groups -OCH3 is 2. The fraction of sp³-hybridized carbons (Fsp3) is 0.0952. The van der Waals surface area contributed by atoms with Crippen molar-refractivity contribution >= 4 is 23.3 Å². The third-order valence-corrected chi connectivity index (χ3v) is 5.29. The Morgan fingerprint density at radius 2 is 1.66 bits per heavy atom. The van der Waals surface area contributed by atoms with Crippen molar-refractivity contribution < 1.29 is 9.47 Å².